The highest BCUT2D eigenvalue weighted by Crippen LogP contribution is 2.28. The van der Waals surface area contributed by atoms with Crippen LogP contribution in [0.1, 0.15) is 0 Å². The van der Waals surface area contributed by atoms with Gasteiger partial charge in [-0.25, -0.2) is 0 Å². The number of aromatic nitrogens is 1. The Hall–Kier alpha value is -2.11. The van der Waals surface area contributed by atoms with Gasteiger partial charge in [0.1, 0.15) is 10.4 Å². The van der Waals surface area contributed by atoms with E-state index in [0.29, 0.717) is 5.52 Å². The minimum atomic E-state index is -4.01. The van der Waals surface area contributed by atoms with Gasteiger partial charge in [0.15, 0.2) is 5.75 Å². The zero-order valence-corrected chi connectivity index (χ0v) is 12.3. The normalized spacial score (nSPS) is 11.5. The van der Waals surface area contributed by atoms with Crippen LogP contribution >= 0.6 is 11.6 Å². The van der Waals surface area contributed by atoms with Gasteiger partial charge in [0.2, 0.25) is 0 Å². The largest absolute Gasteiger partial charge is 0.377 e. The third-order valence-electron chi connectivity index (χ3n) is 2.90. The summed E-state index contributed by atoms with van der Waals surface area (Å²) >= 11 is 5.92. The maximum Gasteiger partial charge on any atom is 0.340 e. The van der Waals surface area contributed by atoms with Crippen molar-refractivity contribution in [1.29, 1.82) is 0 Å². The fourth-order valence-corrected chi connectivity index (χ4v) is 3.39. The molecule has 2 aromatic carbocycles. The molecule has 0 radical (unpaired) electrons. The minimum absolute atomic E-state index is 0.0698. The Balaban J connectivity index is 2.08. The van der Waals surface area contributed by atoms with Crippen LogP contribution < -0.4 is 4.18 Å². The van der Waals surface area contributed by atoms with E-state index in [9.17, 15) is 8.42 Å². The first-order valence-corrected chi connectivity index (χ1v) is 7.89. The van der Waals surface area contributed by atoms with Gasteiger partial charge in [0.25, 0.3) is 0 Å². The molecule has 0 unspecified atom stereocenters. The van der Waals surface area contributed by atoms with E-state index >= 15 is 0 Å². The van der Waals surface area contributed by atoms with E-state index in [1.165, 1.54) is 12.1 Å². The Morgan fingerprint density at radius 3 is 2.52 bits per heavy atom. The van der Waals surface area contributed by atoms with Crippen LogP contribution in [0.2, 0.25) is 5.02 Å². The van der Waals surface area contributed by atoms with Gasteiger partial charge in [-0.05, 0) is 24.3 Å². The van der Waals surface area contributed by atoms with Crippen molar-refractivity contribution in [1.82, 2.24) is 4.98 Å². The number of pyridine rings is 1. The molecule has 0 spiro atoms. The predicted molar refractivity (Wildman–Crippen MR) is 81.0 cm³/mol. The third kappa shape index (κ3) is 2.70. The van der Waals surface area contributed by atoms with Crippen LogP contribution in [0.3, 0.4) is 0 Å². The van der Waals surface area contributed by atoms with Crippen LogP contribution in [0, 0.1) is 0 Å². The molecule has 0 aliphatic heterocycles. The lowest BCUT2D eigenvalue weighted by Gasteiger charge is -2.09. The average Bonchev–Trinajstić information content (AvgIpc) is 2.47. The molecule has 1 heterocycles. The highest BCUT2D eigenvalue weighted by Gasteiger charge is 2.21. The number of nitrogens with zero attached hydrogens (tertiary/aromatic N) is 1. The Kier molecular flexibility index (Phi) is 3.53. The molecule has 0 fully saturated rings. The number of halogens is 1. The fourth-order valence-electron chi connectivity index (χ4n) is 1.95. The van der Waals surface area contributed by atoms with E-state index in [1.54, 1.807) is 36.5 Å². The maximum absolute atomic E-state index is 12.3. The van der Waals surface area contributed by atoms with Crippen LogP contribution in [-0.2, 0) is 10.1 Å². The second-order valence-corrected chi connectivity index (χ2v) is 6.22. The first kappa shape index (κ1) is 13.9. The maximum atomic E-state index is 12.3. The molecule has 0 amide bonds. The van der Waals surface area contributed by atoms with Gasteiger partial charge < -0.3 is 4.18 Å². The highest BCUT2D eigenvalue weighted by molar-refractivity contribution is 7.87. The SMILES string of the molecule is O=S(=O)(Oc1cccc2cccnc12)c1ccccc1Cl. The number of para-hydroxylation sites is 1. The second kappa shape index (κ2) is 5.35. The van der Waals surface area contributed by atoms with Gasteiger partial charge in [0, 0.05) is 11.6 Å². The predicted octanol–water partition coefficient (Wildman–Crippen LogP) is 3.66. The topological polar surface area (TPSA) is 56.3 Å². The van der Waals surface area contributed by atoms with Crippen molar-refractivity contribution in [3.05, 3.63) is 65.8 Å². The van der Waals surface area contributed by atoms with Crippen molar-refractivity contribution in [3.63, 3.8) is 0 Å². The zero-order valence-electron chi connectivity index (χ0n) is 10.7. The van der Waals surface area contributed by atoms with Crippen molar-refractivity contribution >= 4 is 32.6 Å². The van der Waals surface area contributed by atoms with E-state index in [1.807, 2.05) is 12.1 Å². The van der Waals surface area contributed by atoms with Crippen LogP contribution in [0.4, 0.5) is 0 Å². The van der Waals surface area contributed by atoms with Gasteiger partial charge in [-0.2, -0.15) is 8.42 Å². The van der Waals surface area contributed by atoms with E-state index in [2.05, 4.69) is 4.98 Å². The molecule has 0 aliphatic carbocycles. The number of hydrogen-bond acceptors (Lipinski definition) is 4. The summed E-state index contributed by atoms with van der Waals surface area (Å²) in [4.78, 5) is 4.09. The third-order valence-corrected chi connectivity index (χ3v) is 4.64. The molecular weight excluding hydrogens is 310 g/mol. The van der Waals surface area contributed by atoms with Crippen molar-refractivity contribution in [2.75, 3.05) is 0 Å². The molecule has 0 saturated carbocycles. The highest BCUT2D eigenvalue weighted by atomic mass is 35.5. The van der Waals surface area contributed by atoms with Crippen LogP contribution in [0.25, 0.3) is 10.9 Å². The van der Waals surface area contributed by atoms with Crippen molar-refractivity contribution in [3.8, 4) is 5.75 Å². The number of benzene rings is 2. The minimum Gasteiger partial charge on any atom is -0.377 e. The molecule has 0 saturated heterocycles. The Morgan fingerprint density at radius 1 is 0.952 bits per heavy atom. The molecule has 106 valence electrons. The van der Waals surface area contributed by atoms with Crippen LogP contribution in [0.15, 0.2) is 65.7 Å². The van der Waals surface area contributed by atoms with Crippen LogP contribution in [-0.4, -0.2) is 13.4 Å². The first-order valence-electron chi connectivity index (χ1n) is 6.11. The monoisotopic (exact) mass is 319 g/mol. The molecule has 0 N–H and O–H groups in total. The van der Waals surface area contributed by atoms with Crippen LogP contribution in [0.5, 0.6) is 5.75 Å². The molecule has 0 bridgehead atoms. The summed E-state index contributed by atoms with van der Waals surface area (Å²) in [6.07, 6.45) is 1.58. The number of hydrogen-bond donors (Lipinski definition) is 0. The number of fused-ring (bicyclic) bond motifs is 1. The second-order valence-electron chi connectivity index (χ2n) is 4.30. The van der Waals surface area contributed by atoms with Gasteiger partial charge >= 0.3 is 10.1 Å². The lowest BCUT2D eigenvalue weighted by Crippen LogP contribution is -2.10. The summed E-state index contributed by atoms with van der Waals surface area (Å²) in [6.45, 7) is 0. The summed E-state index contributed by atoms with van der Waals surface area (Å²) in [7, 11) is -4.01. The lowest BCUT2D eigenvalue weighted by atomic mass is 10.2. The molecule has 1 aromatic heterocycles. The first-order chi connectivity index (χ1) is 10.1. The van der Waals surface area contributed by atoms with E-state index < -0.39 is 10.1 Å². The van der Waals surface area contributed by atoms with Gasteiger partial charge in [0.05, 0.1) is 5.02 Å². The van der Waals surface area contributed by atoms with E-state index in [4.69, 9.17) is 15.8 Å². The lowest BCUT2D eigenvalue weighted by molar-refractivity contribution is 0.488. The zero-order chi connectivity index (χ0) is 14.9. The summed E-state index contributed by atoms with van der Waals surface area (Å²) < 4.78 is 29.9. The Bertz CT molecular complexity index is 904. The summed E-state index contributed by atoms with van der Waals surface area (Å²) in [5.74, 6) is 0.174. The fraction of sp³-hybridized carbons (Fsp3) is 0. The molecule has 3 rings (SSSR count). The molecule has 3 aromatic rings. The summed E-state index contributed by atoms with van der Waals surface area (Å²) in [5, 5.41) is 0.912. The van der Waals surface area contributed by atoms with Gasteiger partial charge in [-0.1, -0.05) is 41.9 Å². The smallest absolute Gasteiger partial charge is 0.340 e. The van der Waals surface area contributed by atoms with Crippen molar-refractivity contribution < 1.29 is 12.6 Å². The van der Waals surface area contributed by atoms with Gasteiger partial charge in [-0.3, -0.25) is 4.98 Å². The molecular formula is C15H10ClNO3S. The summed E-state index contributed by atoms with van der Waals surface area (Å²) in [6, 6.07) is 14.8. The molecule has 21 heavy (non-hydrogen) atoms. The summed E-state index contributed by atoms with van der Waals surface area (Å²) in [5.41, 5.74) is 0.482. The number of rotatable bonds is 3. The Labute approximate surface area is 127 Å². The average molecular weight is 320 g/mol. The molecule has 0 atom stereocenters. The van der Waals surface area contributed by atoms with E-state index in [-0.39, 0.29) is 15.7 Å². The molecule has 6 heteroatoms. The standard InChI is InChI=1S/C15H10ClNO3S/c16-12-7-1-2-9-14(12)21(18,19)20-13-8-3-5-11-6-4-10-17-15(11)13/h1-10H. The molecule has 4 nitrogen and oxygen atoms in total. The molecule has 0 aliphatic rings. The van der Waals surface area contributed by atoms with Gasteiger partial charge in [-0.15, -0.1) is 0 Å². The quantitative estimate of drug-likeness (QED) is 0.691. The van der Waals surface area contributed by atoms with Crippen molar-refractivity contribution in [2.24, 2.45) is 0 Å². The van der Waals surface area contributed by atoms with E-state index in [0.717, 1.165) is 5.39 Å². The Morgan fingerprint density at radius 2 is 1.71 bits per heavy atom. The van der Waals surface area contributed by atoms with Crippen molar-refractivity contribution in [2.45, 2.75) is 4.90 Å².